The summed E-state index contributed by atoms with van der Waals surface area (Å²) in [7, 11) is 0. The van der Waals surface area contributed by atoms with Crippen molar-refractivity contribution in [3.63, 3.8) is 0 Å². The summed E-state index contributed by atoms with van der Waals surface area (Å²) >= 11 is 2.75. The van der Waals surface area contributed by atoms with E-state index in [1.807, 2.05) is 5.38 Å². The first-order chi connectivity index (χ1) is 12.6. The number of carbonyl (C=O) groups is 2. The Morgan fingerprint density at radius 2 is 1.92 bits per heavy atom. The van der Waals surface area contributed by atoms with E-state index in [-0.39, 0.29) is 29.8 Å². The summed E-state index contributed by atoms with van der Waals surface area (Å²) in [5.74, 6) is -0.312. The number of rotatable bonds is 7. The second-order valence-corrected chi connectivity index (χ2v) is 8.25. The zero-order valence-corrected chi connectivity index (χ0v) is 15.8. The quantitative estimate of drug-likeness (QED) is 0.705. The molecule has 0 aliphatic heterocycles. The Bertz CT molecular complexity index is 758. The summed E-state index contributed by atoms with van der Waals surface area (Å²) in [5.41, 5.74) is 1.28. The average Bonchev–Trinajstić information content (AvgIpc) is 3.27. The maximum absolute atomic E-state index is 12.8. The van der Waals surface area contributed by atoms with Crippen LogP contribution in [0.5, 0.6) is 0 Å². The molecule has 0 atom stereocenters. The van der Waals surface area contributed by atoms with Crippen LogP contribution < -0.4 is 10.6 Å². The molecule has 138 valence electrons. The van der Waals surface area contributed by atoms with Crippen molar-refractivity contribution in [2.45, 2.75) is 42.5 Å². The predicted molar refractivity (Wildman–Crippen MR) is 102 cm³/mol. The number of anilines is 1. The van der Waals surface area contributed by atoms with Gasteiger partial charge in [0.05, 0.1) is 17.9 Å². The van der Waals surface area contributed by atoms with Crippen LogP contribution in [0.4, 0.5) is 10.1 Å². The van der Waals surface area contributed by atoms with Gasteiger partial charge in [0.25, 0.3) is 0 Å². The summed E-state index contributed by atoms with van der Waals surface area (Å²) in [6.45, 7) is 0. The minimum atomic E-state index is -0.343. The third kappa shape index (κ3) is 5.81. The van der Waals surface area contributed by atoms with Gasteiger partial charge in [-0.2, -0.15) is 0 Å². The maximum Gasteiger partial charge on any atom is 0.234 e. The van der Waals surface area contributed by atoms with Gasteiger partial charge in [0.2, 0.25) is 11.8 Å². The van der Waals surface area contributed by atoms with Crippen LogP contribution in [0.2, 0.25) is 0 Å². The molecule has 1 aromatic heterocycles. The molecule has 1 aliphatic carbocycles. The maximum atomic E-state index is 12.8. The third-order valence-corrected chi connectivity index (χ3v) is 6.12. The number of nitrogens with zero attached hydrogens (tertiary/aromatic N) is 1. The van der Waals surface area contributed by atoms with Gasteiger partial charge in [-0.3, -0.25) is 9.59 Å². The van der Waals surface area contributed by atoms with Crippen LogP contribution in [0.3, 0.4) is 0 Å². The van der Waals surface area contributed by atoms with Crippen molar-refractivity contribution in [3.05, 3.63) is 41.2 Å². The molecule has 0 radical (unpaired) electrons. The molecule has 0 saturated heterocycles. The molecule has 0 unspecified atom stereocenters. The molecule has 3 rings (SSSR count). The lowest BCUT2D eigenvalue weighted by Gasteiger charge is -2.10. The fourth-order valence-corrected chi connectivity index (χ4v) is 4.45. The second kappa shape index (κ2) is 9.14. The van der Waals surface area contributed by atoms with E-state index >= 15 is 0 Å². The predicted octanol–water partition coefficient (Wildman–Crippen LogP) is 3.61. The van der Waals surface area contributed by atoms with Gasteiger partial charge in [0.15, 0.2) is 4.34 Å². The molecular formula is C18H20FN3O2S2. The highest BCUT2D eigenvalue weighted by Crippen LogP contribution is 2.23. The lowest BCUT2D eigenvalue weighted by molar-refractivity contribution is -0.121. The van der Waals surface area contributed by atoms with Crippen LogP contribution in [0, 0.1) is 5.82 Å². The van der Waals surface area contributed by atoms with E-state index < -0.39 is 0 Å². The summed E-state index contributed by atoms with van der Waals surface area (Å²) in [5, 5.41) is 7.61. The minimum Gasteiger partial charge on any atom is -0.353 e. The highest BCUT2D eigenvalue weighted by atomic mass is 32.2. The molecule has 5 nitrogen and oxygen atoms in total. The zero-order valence-electron chi connectivity index (χ0n) is 14.2. The molecular weight excluding hydrogens is 373 g/mol. The van der Waals surface area contributed by atoms with Crippen LogP contribution in [0.15, 0.2) is 34.0 Å². The molecule has 1 fully saturated rings. The monoisotopic (exact) mass is 393 g/mol. The number of thiazole rings is 1. The number of thioether (sulfide) groups is 1. The van der Waals surface area contributed by atoms with Crippen LogP contribution in [-0.4, -0.2) is 28.6 Å². The fourth-order valence-electron chi connectivity index (χ4n) is 2.81. The Hall–Kier alpha value is -1.93. The van der Waals surface area contributed by atoms with Crippen molar-refractivity contribution in [1.29, 1.82) is 0 Å². The van der Waals surface area contributed by atoms with Gasteiger partial charge >= 0.3 is 0 Å². The van der Waals surface area contributed by atoms with E-state index in [9.17, 15) is 14.0 Å². The lowest BCUT2D eigenvalue weighted by atomic mass is 10.2. The van der Waals surface area contributed by atoms with Crippen molar-refractivity contribution >= 4 is 40.6 Å². The van der Waals surface area contributed by atoms with Crippen molar-refractivity contribution in [3.8, 4) is 0 Å². The van der Waals surface area contributed by atoms with Crippen LogP contribution in [-0.2, 0) is 16.0 Å². The van der Waals surface area contributed by atoms with E-state index in [1.54, 1.807) is 0 Å². The molecule has 2 amide bonds. The van der Waals surface area contributed by atoms with E-state index in [0.29, 0.717) is 11.7 Å². The SMILES string of the molecule is O=C(CSc1nc(CC(=O)NC2CCCC2)cs1)Nc1ccc(F)cc1. The molecule has 0 bridgehead atoms. The molecule has 1 heterocycles. The Morgan fingerprint density at radius 1 is 1.19 bits per heavy atom. The third-order valence-electron chi connectivity index (χ3n) is 4.05. The number of halogens is 1. The van der Waals surface area contributed by atoms with E-state index in [1.165, 1.54) is 60.2 Å². The topological polar surface area (TPSA) is 71.1 Å². The van der Waals surface area contributed by atoms with Crippen LogP contribution >= 0.6 is 23.1 Å². The van der Waals surface area contributed by atoms with E-state index in [0.717, 1.165) is 22.9 Å². The Kier molecular flexibility index (Phi) is 6.62. The Labute approximate surface area is 159 Å². The number of nitrogens with one attached hydrogen (secondary N) is 2. The van der Waals surface area contributed by atoms with Crippen LogP contribution in [0.1, 0.15) is 31.4 Å². The first kappa shape index (κ1) is 18.8. The fraction of sp³-hybridized carbons (Fsp3) is 0.389. The smallest absolute Gasteiger partial charge is 0.234 e. The van der Waals surface area contributed by atoms with Gasteiger partial charge in [0.1, 0.15) is 5.82 Å². The van der Waals surface area contributed by atoms with Crippen molar-refractivity contribution in [1.82, 2.24) is 10.3 Å². The van der Waals surface area contributed by atoms with Gasteiger partial charge in [-0.05, 0) is 37.1 Å². The van der Waals surface area contributed by atoms with Gasteiger partial charge in [0, 0.05) is 17.1 Å². The van der Waals surface area contributed by atoms with Gasteiger partial charge in [-0.1, -0.05) is 24.6 Å². The number of hydrogen-bond donors (Lipinski definition) is 2. The van der Waals surface area contributed by atoms with Crippen molar-refractivity contribution in [2.24, 2.45) is 0 Å². The molecule has 8 heteroatoms. The van der Waals surface area contributed by atoms with Gasteiger partial charge < -0.3 is 10.6 Å². The second-order valence-electron chi connectivity index (χ2n) is 6.17. The largest absolute Gasteiger partial charge is 0.353 e. The van der Waals surface area contributed by atoms with Crippen molar-refractivity contribution in [2.75, 3.05) is 11.1 Å². The van der Waals surface area contributed by atoms with E-state index in [4.69, 9.17) is 0 Å². The normalized spacial score (nSPS) is 14.3. The molecule has 2 aromatic rings. The molecule has 1 aromatic carbocycles. The van der Waals surface area contributed by atoms with E-state index in [2.05, 4.69) is 15.6 Å². The minimum absolute atomic E-state index is 0.00722. The molecule has 26 heavy (non-hydrogen) atoms. The summed E-state index contributed by atoms with van der Waals surface area (Å²) in [6, 6.07) is 5.94. The van der Waals surface area contributed by atoms with Crippen LogP contribution in [0.25, 0.3) is 0 Å². The van der Waals surface area contributed by atoms with Gasteiger partial charge in [-0.25, -0.2) is 9.37 Å². The molecule has 1 saturated carbocycles. The number of hydrogen-bond acceptors (Lipinski definition) is 5. The summed E-state index contributed by atoms with van der Waals surface area (Å²) in [4.78, 5) is 28.4. The Balaban J connectivity index is 1.42. The summed E-state index contributed by atoms with van der Waals surface area (Å²) in [6.07, 6.45) is 4.76. The van der Waals surface area contributed by atoms with Gasteiger partial charge in [-0.15, -0.1) is 11.3 Å². The number of aromatic nitrogens is 1. The first-order valence-corrected chi connectivity index (χ1v) is 10.4. The number of amides is 2. The molecule has 0 spiro atoms. The summed E-state index contributed by atoms with van der Waals surface area (Å²) < 4.78 is 13.6. The lowest BCUT2D eigenvalue weighted by Crippen LogP contribution is -2.33. The standard InChI is InChI=1S/C18H20FN3O2S2/c19-12-5-7-14(8-6-12)21-17(24)11-26-18-22-15(10-25-18)9-16(23)20-13-3-1-2-4-13/h5-8,10,13H,1-4,9,11H2,(H,20,23)(H,21,24). The average molecular weight is 394 g/mol. The zero-order chi connectivity index (χ0) is 18.4. The molecule has 1 aliphatic rings. The number of carbonyl (C=O) groups excluding carboxylic acids is 2. The van der Waals surface area contributed by atoms with Crippen molar-refractivity contribution < 1.29 is 14.0 Å². The number of benzene rings is 1. The molecule has 2 N–H and O–H groups in total. The Morgan fingerprint density at radius 3 is 2.65 bits per heavy atom. The highest BCUT2D eigenvalue weighted by molar-refractivity contribution is 8.01. The highest BCUT2D eigenvalue weighted by Gasteiger charge is 2.18. The first-order valence-electron chi connectivity index (χ1n) is 8.50.